The van der Waals surface area contributed by atoms with Gasteiger partial charge in [-0.2, -0.15) is 5.26 Å². The van der Waals surface area contributed by atoms with Gasteiger partial charge in [0.25, 0.3) is 0 Å². The van der Waals surface area contributed by atoms with Gasteiger partial charge in [0.2, 0.25) is 11.7 Å². The van der Waals surface area contributed by atoms with E-state index in [0.717, 1.165) is 54.6 Å². The minimum atomic E-state index is 0.182. The lowest BCUT2D eigenvalue weighted by atomic mass is 9.99. The van der Waals surface area contributed by atoms with Crippen LogP contribution in [-0.2, 0) is 18.3 Å². The number of likely N-dealkylation sites (tertiary alicyclic amines) is 1. The van der Waals surface area contributed by atoms with E-state index in [1.807, 2.05) is 28.8 Å². The molecule has 142 valence electrons. The van der Waals surface area contributed by atoms with E-state index in [-0.39, 0.29) is 11.7 Å². The van der Waals surface area contributed by atoms with Crippen molar-refractivity contribution in [1.29, 1.82) is 5.26 Å². The smallest absolute Gasteiger partial charge is 0.234 e. The maximum Gasteiger partial charge on any atom is 0.234 e. The van der Waals surface area contributed by atoms with Crippen molar-refractivity contribution in [2.24, 2.45) is 7.05 Å². The molecule has 28 heavy (non-hydrogen) atoms. The Balaban J connectivity index is 1.57. The molecular weight excluding hydrogens is 350 g/mol. The Hall–Kier alpha value is -3.20. The lowest BCUT2D eigenvalue weighted by molar-refractivity contribution is -0.127. The van der Waals surface area contributed by atoms with Crippen molar-refractivity contribution in [2.75, 3.05) is 13.1 Å². The Morgan fingerprint density at radius 2 is 2.11 bits per heavy atom. The number of nitriles is 1. The number of rotatable bonds is 5. The fourth-order valence-electron chi connectivity index (χ4n) is 3.93. The molecule has 6 nitrogen and oxygen atoms in total. The first kappa shape index (κ1) is 18.2. The zero-order valence-electron chi connectivity index (χ0n) is 16.3. The highest BCUT2D eigenvalue weighted by Crippen LogP contribution is 2.28. The van der Waals surface area contributed by atoms with E-state index in [9.17, 15) is 10.1 Å². The van der Waals surface area contributed by atoms with Crippen LogP contribution in [0.15, 0.2) is 30.5 Å². The molecule has 6 heteroatoms. The predicted octanol–water partition coefficient (Wildman–Crippen LogP) is 3.37. The molecule has 3 aromatic rings. The van der Waals surface area contributed by atoms with E-state index in [1.165, 1.54) is 11.1 Å². The van der Waals surface area contributed by atoms with Crippen LogP contribution in [0.25, 0.3) is 22.3 Å². The summed E-state index contributed by atoms with van der Waals surface area (Å²) in [4.78, 5) is 22.5. The van der Waals surface area contributed by atoms with Crippen LogP contribution in [0.1, 0.15) is 36.2 Å². The van der Waals surface area contributed by atoms with Crippen molar-refractivity contribution in [3.63, 3.8) is 0 Å². The Bertz CT molecular complexity index is 1090. The molecular formula is C22H23N5O. The molecule has 0 aliphatic carbocycles. The van der Waals surface area contributed by atoms with Crippen LogP contribution in [0.4, 0.5) is 0 Å². The summed E-state index contributed by atoms with van der Waals surface area (Å²) in [5, 5.41) is 10.2. The summed E-state index contributed by atoms with van der Waals surface area (Å²) in [6.45, 7) is 3.84. The van der Waals surface area contributed by atoms with Gasteiger partial charge in [0, 0.05) is 43.7 Å². The molecule has 1 fully saturated rings. The summed E-state index contributed by atoms with van der Waals surface area (Å²) >= 11 is 0. The quantitative estimate of drug-likeness (QED) is 0.687. The first-order valence-electron chi connectivity index (χ1n) is 9.67. The van der Waals surface area contributed by atoms with Gasteiger partial charge in [0.1, 0.15) is 11.7 Å². The summed E-state index contributed by atoms with van der Waals surface area (Å²) < 4.78 is 1.90. The second kappa shape index (κ2) is 7.43. The number of benzene rings is 1. The second-order valence-electron chi connectivity index (χ2n) is 7.40. The number of nitrogens with zero attached hydrogens (tertiary/aromatic N) is 5. The van der Waals surface area contributed by atoms with Gasteiger partial charge in [-0.05, 0) is 49.4 Å². The van der Waals surface area contributed by atoms with Gasteiger partial charge < -0.3 is 9.47 Å². The van der Waals surface area contributed by atoms with E-state index >= 15 is 0 Å². The number of carbonyl (C=O) groups is 1. The summed E-state index contributed by atoms with van der Waals surface area (Å²) in [5.74, 6) is 0.470. The van der Waals surface area contributed by atoms with Gasteiger partial charge in [-0.3, -0.25) is 4.79 Å². The Kier molecular flexibility index (Phi) is 4.82. The molecule has 0 atom stereocenters. The van der Waals surface area contributed by atoms with Crippen LogP contribution < -0.4 is 0 Å². The molecule has 4 rings (SSSR count). The van der Waals surface area contributed by atoms with Crippen molar-refractivity contribution in [2.45, 2.75) is 32.6 Å². The number of amides is 1. The highest BCUT2D eigenvalue weighted by atomic mass is 16.2. The van der Waals surface area contributed by atoms with Crippen molar-refractivity contribution in [1.82, 2.24) is 19.4 Å². The maximum absolute atomic E-state index is 11.7. The van der Waals surface area contributed by atoms with Crippen LogP contribution in [0.2, 0.25) is 0 Å². The highest BCUT2D eigenvalue weighted by molar-refractivity contribution is 5.91. The molecule has 0 saturated carbocycles. The normalized spacial score (nSPS) is 14.0. The second-order valence-corrected chi connectivity index (χ2v) is 7.40. The summed E-state index contributed by atoms with van der Waals surface area (Å²) in [7, 11) is 1.92. The van der Waals surface area contributed by atoms with E-state index in [1.54, 1.807) is 0 Å². The monoisotopic (exact) mass is 373 g/mol. The molecule has 0 N–H and O–H groups in total. The summed E-state index contributed by atoms with van der Waals surface area (Å²) in [6, 6.07) is 10.4. The number of hydrogen-bond donors (Lipinski definition) is 0. The predicted molar refractivity (Wildman–Crippen MR) is 108 cm³/mol. The number of aryl methyl sites for hydroxylation is 3. The molecule has 0 radical (unpaired) electrons. The minimum Gasteiger partial charge on any atom is -0.343 e. The third kappa shape index (κ3) is 3.36. The zero-order chi connectivity index (χ0) is 19.7. The van der Waals surface area contributed by atoms with Crippen molar-refractivity contribution < 1.29 is 4.79 Å². The number of hydrogen-bond acceptors (Lipinski definition) is 4. The lowest BCUT2D eigenvalue weighted by Gasteiger charge is -2.16. The van der Waals surface area contributed by atoms with Crippen LogP contribution in [0.3, 0.4) is 0 Å². The van der Waals surface area contributed by atoms with Crippen molar-refractivity contribution in [3.05, 3.63) is 47.4 Å². The number of carbonyl (C=O) groups excluding carboxylic acids is 1. The Labute approximate surface area is 164 Å². The Morgan fingerprint density at radius 3 is 2.82 bits per heavy atom. The van der Waals surface area contributed by atoms with Gasteiger partial charge in [-0.25, -0.2) is 9.97 Å². The van der Waals surface area contributed by atoms with Gasteiger partial charge in [-0.1, -0.05) is 12.1 Å². The van der Waals surface area contributed by atoms with E-state index in [0.29, 0.717) is 6.42 Å². The van der Waals surface area contributed by atoms with Gasteiger partial charge in [0.15, 0.2) is 0 Å². The Morgan fingerprint density at radius 1 is 1.25 bits per heavy atom. The fourth-order valence-corrected chi connectivity index (χ4v) is 3.93. The van der Waals surface area contributed by atoms with Crippen molar-refractivity contribution >= 4 is 16.9 Å². The van der Waals surface area contributed by atoms with Crippen LogP contribution in [0, 0.1) is 18.3 Å². The summed E-state index contributed by atoms with van der Waals surface area (Å²) in [6.07, 6.45) is 5.55. The third-order valence-electron chi connectivity index (χ3n) is 5.49. The van der Waals surface area contributed by atoms with E-state index < -0.39 is 0 Å². The highest BCUT2D eigenvalue weighted by Gasteiger charge is 2.19. The molecule has 1 aliphatic rings. The maximum atomic E-state index is 11.7. The molecule has 0 bridgehead atoms. The fraction of sp³-hybridized carbons (Fsp3) is 0.364. The minimum absolute atomic E-state index is 0.182. The summed E-state index contributed by atoms with van der Waals surface area (Å²) in [5.41, 5.74) is 5.03. The van der Waals surface area contributed by atoms with Crippen molar-refractivity contribution in [3.8, 4) is 17.3 Å². The average Bonchev–Trinajstić information content (AvgIpc) is 3.28. The lowest BCUT2D eigenvalue weighted by Crippen LogP contribution is -2.25. The largest absolute Gasteiger partial charge is 0.343 e. The molecule has 3 heterocycles. The van der Waals surface area contributed by atoms with Gasteiger partial charge >= 0.3 is 0 Å². The molecule has 1 aromatic carbocycles. The van der Waals surface area contributed by atoms with Crippen LogP contribution >= 0.6 is 0 Å². The number of aromatic nitrogens is 3. The van der Waals surface area contributed by atoms with E-state index in [4.69, 9.17) is 0 Å². The molecule has 1 aliphatic heterocycles. The van der Waals surface area contributed by atoms with Crippen LogP contribution in [0.5, 0.6) is 0 Å². The average molecular weight is 373 g/mol. The standard InChI is InChI=1S/C22H23N5O/c1-15-13-17(8-7-16(15)5-3-10-27-11-4-6-20(27)28)21-18-9-12-26(2)22(18)25-19(14-23)24-21/h7-9,12-13H,3-6,10-11H2,1-2H3. The van der Waals surface area contributed by atoms with Gasteiger partial charge in [0.05, 0.1) is 5.69 Å². The molecule has 0 unspecified atom stereocenters. The molecule has 1 amide bonds. The number of fused-ring (bicyclic) bond motifs is 1. The first-order valence-corrected chi connectivity index (χ1v) is 9.67. The van der Waals surface area contributed by atoms with Gasteiger partial charge in [-0.15, -0.1) is 0 Å². The molecule has 0 spiro atoms. The molecule has 1 saturated heterocycles. The van der Waals surface area contributed by atoms with E-state index in [2.05, 4.69) is 41.2 Å². The molecule has 2 aromatic heterocycles. The topological polar surface area (TPSA) is 74.8 Å². The van der Waals surface area contributed by atoms with Crippen LogP contribution in [-0.4, -0.2) is 38.4 Å². The zero-order valence-corrected chi connectivity index (χ0v) is 16.3. The first-order chi connectivity index (χ1) is 13.6. The third-order valence-corrected chi connectivity index (χ3v) is 5.49. The SMILES string of the molecule is Cc1cc(-c2nc(C#N)nc3c2ccn3C)ccc1CCCN1CCCC1=O.